The minimum atomic E-state index is -0.285. The number of aryl methyl sites for hydroxylation is 4. The molecule has 0 spiro atoms. The Morgan fingerprint density at radius 3 is 2.38 bits per heavy atom. The zero-order valence-corrected chi connectivity index (χ0v) is 12.7. The second-order valence-electron chi connectivity index (χ2n) is 5.21. The van der Waals surface area contributed by atoms with Crippen LogP contribution < -0.4 is 16.4 Å². The summed E-state index contributed by atoms with van der Waals surface area (Å²) in [5, 5.41) is 0. The number of pyridine rings is 1. The van der Waals surface area contributed by atoms with Crippen molar-refractivity contribution in [2.45, 2.75) is 20.8 Å². The van der Waals surface area contributed by atoms with E-state index in [0.717, 1.165) is 11.3 Å². The Hall–Kier alpha value is -2.56. The summed E-state index contributed by atoms with van der Waals surface area (Å²) >= 11 is 0. The molecule has 2 N–H and O–H groups in total. The number of hydrogen-bond acceptors (Lipinski definition) is 3. The first-order valence-corrected chi connectivity index (χ1v) is 6.69. The van der Waals surface area contributed by atoms with E-state index in [2.05, 4.69) is 10.9 Å². The predicted octanol–water partition coefficient (Wildman–Crippen LogP) is 2.07. The Balaban J connectivity index is 2.11. The predicted molar refractivity (Wildman–Crippen MR) is 83.4 cm³/mol. The fourth-order valence-electron chi connectivity index (χ4n) is 2.02. The van der Waals surface area contributed by atoms with Crippen molar-refractivity contribution in [3.05, 3.63) is 63.1 Å². The van der Waals surface area contributed by atoms with E-state index in [9.17, 15) is 9.59 Å². The van der Waals surface area contributed by atoms with Gasteiger partial charge in [-0.3, -0.25) is 20.4 Å². The molecule has 0 bridgehead atoms. The largest absolute Gasteiger partial charge is 0.318 e. The van der Waals surface area contributed by atoms with Gasteiger partial charge in [0.1, 0.15) is 0 Å². The van der Waals surface area contributed by atoms with E-state index < -0.39 is 0 Å². The highest BCUT2D eigenvalue weighted by molar-refractivity contribution is 5.94. The number of hydrogen-bond donors (Lipinski definition) is 2. The van der Waals surface area contributed by atoms with Crippen molar-refractivity contribution in [2.75, 3.05) is 5.43 Å². The molecule has 21 heavy (non-hydrogen) atoms. The van der Waals surface area contributed by atoms with Gasteiger partial charge in [-0.1, -0.05) is 6.07 Å². The molecule has 0 aliphatic rings. The maximum atomic E-state index is 12.1. The first-order valence-electron chi connectivity index (χ1n) is 6.69. The molecule has 1 amide bonds. The van der Waals surface area contributed by atoms with E-state index in [1.54, 1.807) is 20.0 Å². The van der Waals surface area contributed by atoms with E-state index in [4.69, 9.17) is 0 Å². The molecule has 0 aliphatic carbocycles. The SMILES string of the molecule is Cc1ccc(NNC(=O)c2cc(C)c(=O)n(C)c2)cc1C. The maximum absolute atomic E-state index is 12.1. The van der Waals surface area contributed by atoms with Crippen molar-refractivity contribution in [2.24, 2.45) is 7.05 Å². The van der Waals surface area contributed by atoms with Crippen LogP contribution in [0.3, 0.4) is 0 Å². The summed E-state index contributed by atoms with van der Waals surface area (Å²) in [6, 6.07) is 7.43. The maximum Gasteiger partial charge on any atom is 0.271 e. The highest BCUT2D eigenvalue weighted by Gasteiger charge is 2.08. The molecule has 0 atom stereocenters. The molecule has 5 heteroatoms. The number of benzene rings is 1. The van der Waals surface area contributed by atoms with Crippen LogP contribution in [0.5, 0.6) is 0 Å². The van der Waals surface area contributed by atoms with Gasteiger partial charge in [0.15, 0.2) is 0 Å². The molecular weight excluding hydrogens is 266 g/mol. The van der Waals surface area contributed by atoms with E-state index in [0.29, 0.717) is 11.1 Å². The number of rotatable bonds is 3. The van der Waals surface area contributed by atoms with Crippen LogP contribution in [0.2, 0.25) is 0 Å². The van der Waals surface area contributed by atoms with Crippen molar-refractivity contribution in [1.82, 2.24) is 9.99 Å². The molecule has 0 fully saturated rings. The fraction of sp³-hybridized carbons (Fsp3) is 0.250. The van der Waals surface area contributed by atoms with Crippen molar-refractivity contribution in [1.29, 1.82) is 0 Å². The fourth-order valence-corrected chi connectivity index (χ4v) is 2.02. The van der Waals surface area contributed by atoms with Crippen LogP contribution in [0.15, 0.2) is 35.3 Å². The van der Waals surface area contributed by atoms with Crippen LogP contribution in [0, 0.1) is 20.8 Å². The smallest absolute Gasteiger partial charge is 0.271 e. The first-order chi connectivity index (χ1) is 9.88. The van der Waals surface area contributed by atoms with Crippen molar-refractivity contribution < 1.29 is 4.79 Å². The molecule has 1 heterocycles. The summed E-state index contributed by atoms with van der Waals surface area (Å²) in [6.45, 7) is 5.74. The highest BCUT2D eigenvalue weighted by Crippen LogP contribution is 2.13. The number of hydrazine groups is 1. The molecular formula is C16H19N3O2. The molecule has 0 unspecified atom stereocenters. The second-order valence-corrected chi connectivity index (χ2v) is 5.21. The first kappa shape index (κ1) is 14.8. The number of carbonyl (C=O) groups is 1. The summed E-state index contributed by atoms with van der Waals surface area (Å²) in [6.07, 6.45) is 1.52. The summed E-state index contributed by atoms with van der Waals surface area (Å²) in [7, 11) is 1.63. The Labute approximate surface area is 123 Å². The molecule has 2 rings (SSSR count). The van der Waals surface area contributed by atoms with Crippen LogP contribution in [-0.4, -0.2) is 10.5 Å². The van der Waals surface area contributed by atoms with Gasteiger partial charge in [0, 0.05) is 18.8 Å². The summed E-state index contributed by atoms with van der Waals surface area (Å²) in [5.41, 5.74) is 9.53. The molecule has 0 saturated heterocycles. The third kappa shape index (κ3) is 3.31. The molecule has 5 nitrogen and oxygen atoms in total. The van der Waals surface area contributed by atoms with Crippen LogP contribution in [0.25, 0.3) is 0 Å². The number of nitrogens with one attached hydrogen (secondary N) is 2. The zero-order chi connectivity index (χ0) is 15.6. The van der Waals surface area contributed by atoms with Crippen LogP contribution >= 0.6 is 0 Å². The van der Waals surface area contributed by atoms with E-state index >= 15 is 0 Å². The van der Waals surface area contributed by atoms with Crippen LogP contribution in [-0.2, 0) is 7.05 Å². The number of nitrogens with zero attached hydrogens (tertiary/aromatic N) is 1. The molecule has 0 radical (unpaired) electrons. The lowest BCUT2D eigenvalue weighted by Crippen LogP contribution is -2.31. The van der Waals surface area contributed by atoms with E-state index in [1.807, 2.05) is 32.0 Å². The number of amides is 1. The summed E-state index contributed by atoms with van der Waals surface area (Å²) in [5.74, 6) is -0.285. The van der Waals surface area contributed by atoms with Crippen molar-refractivity contribution in [3.8, 4) is 0 Å². The Morgan fingerprint density at radius 1 is 1.05 bits per heavy atom. The third-order valence-electron chi connectivity index (χ3n) is 3.45. The second kappa shape index (κ2) is 5.83. The van der Waals surface area contributed by atoms with Gasteiger partial charge in [-0.25, -0.2) is 0 Å². The Bertz CT molecular complexity index is 721. The highest BCUT2D eigenvalue weighted by atomic mass is 16.2. The van der Waals surface area contributed by atoms with Gasteiger partial charge in [-0.05, 0) is 50.1 Å². The molecule has 110 valence electrons. The van der Waals surface area contributed by atoms with Gasteiger partial charge in [0.25, 0.3) is 11.5 Å². The van der Waals surface area contributed by atoms with Crippen molar-refractivity contribution in [3.63, 3.8) is 0 Å². The minimum absolute atomic E-state index is 0.103. The van der Waals surface area contributed by atoms with Crippen LogP contribution in [0.4, 0.5) is 5.69 Å². The molecule has 0 aliphatic heterocycles. The lowest BCUT2D eigenvalue weighted by atomic mass is 10.1. The number of aromatic nitrogens is 1. The Morgan fingerprint density at radius 2 is 1.76 bits per heavy atom. The molecule has 0 saturated carbocycles. The topological polar surface area (TPSA) is 63.1 Å². The summed E-state index contributed by atoms with van der Waals surface area (Å²) in [4.78, 5) is 23.7. The lowest BCUT2D eigenvalue weighted by molar-refractivity contribution is 0.0961. The van der Waals surface area contributed by atoms with Crippen molar-refractivity contribution >= 4 is 11.6 Å². The number of carbonyl (C=O) groups excluding carboxylic acids is 1. The molecule has 1 aromatic heterocycles. The van der Waals surface area contributed by atoms with Gasteiger partial charge in [0.2, 0.25) is 0 Å². The summed E-state index contributed by atoms with van der Waals surface area (Å²) < 4.78 is 1.40. The standard InChI is InChI=1S/C16H19N3O2/c1-10-5-6-14(8-11(10)2)17-18-15(20)13-7-12(3)16(21)19(4)9-13/h5-9,17H,1-4H3,(H,18,20). The van der Waals surface area contributed by atoms with Gasteiger partial charge >= 0.3 is 0 Å². The van der Waals surface area contributed by atoms with Gasteiger partial charge in [-0.15, -0.1) is 0 Å². The Kier molecular flexibility index (Phi) is 4.12. The van der Waals surface area contributed by atoms with E-state index in [-0.39, 0.29) is 11.5 Å². The minimum Gasteiger partial charge on any atom is -0.318 e. The van der Waals surface area contributed by atoms with E-state index in [1.165, 1.54) is 16.3 Å². The third-order valence-corrected chi connectivity index (χ3v) is 3.45. The van der Waals surface area contributed by atoms with Gasteiger partial charge < -0.3 is 4.57 Å². The van der Waals surface area contributed by atoms with Gasteiger partial charge in [0.05, 0.1) is 11.3 Å². The zero-order valence-electron chi connectivity index (χ0n) is 12.7. The average molecular weight is 285 g/mol. The monoisotopic (exact) mass is 285 g/mol. The average Bonchev–Trinajstić information content (AvgIpc) is 2.45. The quantitative estimate of drug-likeness (QED) is 0.849. The van der Waals surface area contributed by atoms with Gasteiger partial charge in [-0.2, -0.15) is 0 Å². The normalized spacial score (nSPS) is 10.3. The lowest BCUT2D eigenvalue weighted by Gasteiger charge is -2.11. The molecule has 1 aromatic carbocycles. The number of anilines is 1. The molecule has 2 aromatic rings. The van der Waals surface area contributed by atoms with Crippen LogP contribution in [0.1, 0.15) is 27.0 Å².